The third kappa shape index (κ3) is 2.30. The van der Waals surface area contributed by atoms with Gasteiger partial charge in [0, 0.05) is 5.56 Å². The summed E-state index contributed by atoms with van der Waals surface area (Å²) in [4.78, 5) is 21.4. The largest absolute Gasteiger partial charge is 0.507 e. The van der Waals surface area contributed by atoms with E-state index in [1.807, 2.05) is 0 Å². The van der Waals surface area contributed by atoms with Gasteiger partial charge >= 0.3 is 5.97 Å². The molecule has 0 radical (unpaired) electrons. The maximum Gasteiger partial charge on any atom is 0.338 e. The first kappa shape index (κ1) is 12.8. The van der Waals surface area contributed by atoms with Gasteiger partial charge in [0.05, 0.1) is 11.1 Å². The minimum Gasteiger partial charge on any atom is -0.507 e. The molecule has 2 N–H and O–H groups in total. The number of para-hydroxylation sites is 1. The summed E-state index contributed by atoms with van der Waals surface area (Å²) in [5.41, 5.74) is 0.194. The smallest absolute Gasteiger partial charge is 0.338 e. The van der Waals surface area contributed by atoms with E-state index in [0.29, 0.717) is 11.8 Å². The summed E-state index contributed by atoms with van der Waals surface area (Å²) < 4.78 is 13.6. The topological polar surface area (TPSA) is 74.6 Å². The highest BCUT2D eigenvalue weighted by Crippen LogP contribution is 2.32. The van der Waals surface area contributed by atoms with Gasteiger partial charge in [0.15, 0.2) is 6.29 Å². The number of benzene rings is 2. The lowest BCUT2D eigenvalue weighted by atomic mass is 10.0. The number of rotatable bonds is 3. The number of hydrogen-bond acceptors (Lipinski definition) is 3. The molecule has 0 fully saturated rings. The van der Waals surface area contributed by atoms with E-state index in [2.05, 4.69) is 0 Å². The third-order valence-electron chi connectivity index (χ3n) is 2.70. The molecule has 0 unspecified atom stereocenters. The molecule has 0 aliphatic carbocycles. The van der Waals surface area contributed by atoms with Crippen LogP contribution in [0.5, 0.6) is 5.75 Å². The van der Waals surface area contributed by atoms with Gasteiger partial charge < -0.3 is 10.2 Å². The van der Waals surface area contributed by atoms with Gasteiger partial charge in [0.1, 0.15) is 11.6 Å². The molecule has 0 aromatic heterocycles. The molecule has 0 saturated carbocycles. The van der Waals surface area contributed by atoms with Crippen LogP contribution in [0.25, 0.3) is 11.1 Å². The van der Waals surface area contributed by atoms with Crippen molar-refractivity contribution in [3.05, 3.63) is 53.3 Å². The lowest BCUT2D eigenvalue weighted by molar-refractivity contribution is 0.0691. The molecular formula is C14H9FO4. The average molecular weight is 260 g/mol. The van der Waals surface area contributed by atoms with E-state index in [4.69, 9.17) is 5.11 Å². The molecule has 0 aliphatic heterocycles. The van der Waals surface area contributed by atoms with Crippen LogP contribution in [-0.2, 0) is 0 Å². The van der Waals surface area contributed by atoms with Crippen LogP contribution >= 0.6 is 0 Å². The second kappa shape index (κ2) is 4.89. The zero-order valence-electron chi connectivity index (χ0n) is 9.63. The van der Waals surface area contributed by atoms with Crippen LogP contribution in [0.4, 0.5) is 4.39 Å². The van der Waals surface area contributed by atoms with E-state index < -0.39 is 17.3 Å². The van der Waals surface area contributed by atoms with E-state index in [1.54, 1.807) is 6.07 Å². The average Bonchev–Trinajstić information content (AvgIpc) is 2.38. The van der Waals surface area contributed by atoms with Crippen LogP contribution in [-0.4, -0.2) is 22.5 Å². The number of carboxylic acid groups (broad SMARTS) is 1. The molecule has 0 saturated heterocycles. The molecule has 0 bridgehead atoms. The number of phenolic OH excluding ortho intramolecular Hbond substituents is 1. The molecule has 5 heteroatoms. The van der Waals surface area contributed by atoms with Gasteiger partial charge in [0.25, 0.3) is 0 Å². The number of aldehydes is 1. The SMILES string of the molecule is O=Cc1cccc(-c2ccc(C(=O)O)c(F)c2)c1O. The minimum absolute atomic E-state index is 0.0835. The number of aromatic carboxylic acids is 1. The lowest BCUT2D eigenvalue weighted by Gasteiger charge is -2.07. The Balaban J connectivity index is 2.57. The molecule has 0 spiro atoms. The molecule has 2 aromatic carbocycles. The number of hydrogen-bond donors (Lipinski definition) is 2. The Labute approximate surface area is 107 Å². The molecule has 0 atom stereocenters. The molecular weight excluding hydrogens is 251 g/mol. The monoisotopic (exact) mass is 260 g/mol. The zero-order valence-corrected chi connectivity index (χ0v) is 9.63. The van der Waals surface area contributed by atoms with Gasteiger partial charge in [-0.25, -0.2) is 9.18 Å². The predicted octanol–water partition coefficient (Wildman–Crippen LogP) is 2.71. The predicted molar refractivity (Wildman–Crippen MR) is 65.8 cm³/mol. The van der Waals surface area contributed by atoms with Gasteiger partial charge in [-0.3, -0.25) is 4.79 Å². The van der Waals surface area contributed by atoms with Crippen LogP contribution in [0.1, 0.15) is 20.7 Å². The van der Waals surface area contributed by atoms with Gasteiger partial charge in [-0.15, -0.1) is 0 Å². The highest BCUT2D eigenvalue weighted by Gasteiger charge is 2.13. The highest BCUT2D eigenvalue weighted by atomic mass is 19.1. The summed E-state index contributed by atoms with van der Waals surface area (Å²) in [7, 11) is 0. The van der Waals surface area contributed by atoms with E-state index in [1.165, 1.54) is 18.2 Å². The van der Waals surface area contributed by atoms with Crippen molar-refractivity contribution in [2.24, 2.45) is 0 Å². The fourth-order valence-electron chi connectivity index (χ4n) is 1.75. The van der Waals surface area contributed by atoms with Crippen molar-refractivity contribution in [3.63, 3.8) is 0 Å². The van der Waals surface area contributed by atoms with E-state index in [-0.39, 0.29) is 16.9 Å². The second-order valence-electron chi connectivity index (χ2n) is 3.86. The van der Waals surface area contributed by atoms with Gasteiger partial charge in [-0.1, -0.05) is 18.2 Å². The van der Waals surface area contributed by atoms with Crippen LogP contribution in [0.2, 0.25) is 0 Å². The molecule has 2 rings (SSSR count). The lowest BCUT2D eigenvalue weighted by Crippen LogP contribution is -2.00. The van der Waals surface area contributed by atoms with Crippen molar-refractivity contribution in [1.29, 1.82) is 0 Å². The first-order valence-corrected chi connectivity index (χ1v) is 5.35. The van der Waals surface area contributed by atoms with Crippen molar-refractivity contribution in [3.8, 4) is 16.9 Å². The molecule has 0 aliphatic rings. The summed E-state index contributed by atoms with van der Waals surface area (Å²) in [6.45, 7) is 0. The number of halogens is 1. The first-order valence-electron chi connectivity index (χ1n) is 5.35. The van der Waals surface area contributed by atoms with Crippen molar-refractivity contribution in [1.82, 2.24) is 0 Å². The summed E-state index contributed by atoms with van der Waals surface area (Å²) in [5, 5.41) is 18.6. The molecule has 96 valence electrons. The van der Waals surface area contributed by atoms with Gasteiger partial charge in [-0.2, -0.15) is 0 Å². The Morgan fingerprint density at radius 2 is 1.95 bits per heavy atom. The van der Waals surface area contributed by atoms with Crippen molar-refractivity contribution in [2.75, 3.05) is 0 Å². The van der Waals surface area contributed by atoms with E-state index >= 15 is 0 Å². The van der Waals surface area contributed by atoms with Crippen LogP contribution in [0, 0.1) is 5.82 Å². The third-order valence-corrected chi connectivity index (χ3v) is 2.70. The molecule has 0 heterocycles. The number of carbonyl (C=O) groups excluding carboxylic acids is 1. The molecule has 19 heavy (non-hydrogen) atoms. The number of carbonyl (C=O) groups is 2. The van der Waals surface area contributed by atoms with Crippen molar-refractivity contribution >= 4 is 12.3 Å². The Kier molecular flexibility index (Phi) is 3.29. The maximum atomic E-state index is 13.6. The van der Waals surface area contributed by atoms with Crippen LogP contribution in [0.15, 0.2) is 36.4 Å². The maximum absolute atomic E-state index is 13.6. The second-order valence-corrected chi connectivity index (χ2v) is 3.86. The van der Waals surface area contributed by atoms with E-state index in [9.17, 15) is 19.1 Å². The van der Waals surface area contributed by atoms with Crippen LogP contribution in [0.3, 0.4) is 0 Å². The molecule has 4 nitrogen and oxygen atoms in total. The van der Waals surface area contributed by atoms with Crippen molar-refractivity contribution < 1.29 is 24.2 Å². The number of carboxylic acids is 1. The first-order chi connectivity index (χ1) is 9.04. The Hall–Kier alpha value is -2.69. The quantitative estimate of drug-likeness (QED) is 0.832. The standard InChI is InChI=1S/C14H9FO4/c15-12-6-8(4-5-11(12)14(18)19)10-3-1-2-9(7-16)13(10)17/h1-7,17H,(H,18,19). The summed E-state index contributed by atoms with van der Waals surface area (Å²) in [5.74, 6) is -2.53. The molecule has 2 aromatic rings. The molecule has 0 amide bonds. The fourth-order valence-corrected chi connectivity index (χ4v) is 1.75. The Bertz CT molecular complexity index is 664. The number of aromatic hydroxyl groups is 1. The van der Waals surface area contributed by atoms with Gasteiger partial charge in [-0.05, 0) is 23.8 Å². The summed E-state index contributed by atoms with van der Waals surface area (Å²) in [6, 6.07) is 7.97. The Morgan fingerprint density at radius 1 is 1.21 bits per heavy atom. The minimum atomic E-state index is -1.37. The fraction of sp³-hybridized carbons (Fsp3) is 0. The van der Waals surface area contributed by atoms with Gasteiger partial charge in [0.2, 0.25) is 0 Å². The highest BCUT2D eigenvalue weighted by molar-refractivity contribution is 5.90. The summed E-state index contributed by atoms with van der Waals surface area (Å²) in [6.07, 6.45) is 0.487. The Morgan fingerprint density at radius 3 is 2.53 bits per heavy atom. The van der Waals surface area contributed by atoms with Crippen molar-refractivity contribution in [2.45, 2.75) is 0 Å². The van der Waals surface area contributed by atoms with Crippen LogP contribution < -0.4 is 0 Å². The zero-order chi connectivity index (χ0) is 14.0. The number of phenols is 1. The summed E-state index contributed by atoms with van der Waals surface area (Å²) >= 11 is 0. The van der Waals surface area contributed by atoms with E-state index in [0.717, 1.165) is 12.1 Å². The normalized spacial score (nSPS) is 10.2.